The van der Waals surface area contributed by atoms with E-state index in [-0.39, 0.29) is 0 Å². The van der Waals surface area contributed by atoms with E-state index in [0.29, 0.717) is 16.1 Å². The fourth-order valence-corrected chi connectivity index (χ4v) is 2.10. The lowest BCUT2D eigenvalue weighted by Crippen LogP contribution is -2.06. The molecule has 0 N–H and O–H groups in total. The average molecular weight is 305 g/mol. The van der Waals surface area contributed by atoms with Crippen LogP contribution in [0.5, 0.6) is 0 Å². The van der Waals surface area contributed by atoms with Crippen LogP contribution in [0, 0.1) is 0 Å². The summed E-state index contributed by atoms with van der Waals surface area (Å²) in [5.41, 5.74) is 0.397. The molecule has 0 heterocycles. The second-order valence-corrected chi connectivity index (χ2v) is 4.91. The molecule has 0 aromatic heterocycles. The molecule has 100 valence electrons. The lowest BCUT2D eigenvalue weighted by Gasteiger charge is -2.13. The van der Waals surface area contributed by atoms with Gasteiger partial charge in [-0.15, -0.1) is 11.6 Å². The summed E-state index contributed by atoms with van der Waals surface area (Å²) in [6, 6.07) is 11.7. The van der Waals surface area contributed by atoms with Crippen molar-refractivity contribution < 1.29 is 13.2 Å². The van der Waals surface area contributed by atoms with Gasteiger partial charge in [0.15, 0.2) is 0 Å². The van der Waals surface area contributed by atoms with Crippen LogP contribution in [0.4, 0.5) is 13.2 Å². The van der Waals surface area contributed by atoms with Gasteiger partial charge in [0, 0.05) is 5.02 Å². The molecule has 0 fully saturated rings. The maximum Gasteiger partial charge on any atom is 0.416 e. The van der Waals surface area contributed by atoms with Gasteiger partial charge in [0.25, 0.3) is 0 Å². The van der Waals surface area contributed by atoms with Gasteiger partial charge < -0.3 is 0 Å². The lowest BCUT2D eigenvalue weighted by molar-refractivity contribution is -0.137. The normalized spacial score (nSPS) is 13.3. The third-order valence-electron chi connectivity index (χ3n) is 2.67. The Labute approximate surface area is 118 Å². The van der Waals surface area contributed by atoms with E-state index in [2.05, 4.69) is 0 Å². The van der Waals surface area contributed by atoms with Crippen molar-refractivity contribution in [1.82, 2.24) is 0 Å². The summed E-state index contributed by atoms with van der Waals surface area (Å²) in [7, 11) is 0. The molecule has 5 heteroatoms. The van der Waals surface area contributed by atoms with Gasteiger partial charge in [-0.25, -0.2) is 0 Å². The molecular formula is C14H9Cl2F3. The smallest absolute Gasteiger partial charge is 0.166 e. The van der Waals surface area contributed by atoms with Crippen LogP contribution in [0.15, 0.2) is 48.5 Å². The van der Waals surface area contributed by atoms with E-state index >= 15 is 0 Å². The molecule has 1 atom stereocenters. The first-order valence-corrected chi connectivity index (χ1v) is 6.26. The highest BCUT2D eigenvalue weighted by Crippen LogP contribution is 2.34. The van der Waals surface area contributed by atoms with Crippen molar-refractivity contribution in [3.05, 3.63) is 70.2 Å². The molecule has 19 heavy (non-hydrogen) atoms. The molecule has 0 saturated heterocycles. The first-order chi connectivity index (χ1) is 8.88. The summed E-state index contributed by atoms with van der Waals surface area (Å²) in [6.45, 7) is 0. The molecule has 0 aliphatic rings. The predicted octanol–water partition coefficient (Wildman–Crippen LogP) is 5.69. The van der Waals surface area contributed by atoms with Gasteiger partial charge in [-0.05, 0) is 35.4 Å². The van der Waals surface area contributed by atoms with Crippen LogP contribution in [-0.4, -0.2) is 0 Å². The first kappa shape index (κ1) is 14.2. The molecule has 0 saturated carbocycles. The van der Waals surface area contributed by atoms with Crippen LogP contribution in [0.2, 0.25) is 5.02 Å². The molecule has 2 rings (SSSR count). The predicted molar refractivity (Wildman–Crippen MR) is 70.6 cm³/mol. The second-order valence-electron chi connectivity index (χ2n) is 4.04. The Hall–Kier alpha value is -1.19. The highest BCUT2D eigenvalue weighted by molar-refractivity contribution is 6.30. The van der Waals surface area contributed by atoms with Gasteiger partial charge in [0.05, 0.1) is 10.9 Å². The summed E-state index contributed by atoms with van der Waals surface area (Å²) >= 11 is 12.0. The molecular weight excluding hydrogens is 296 g/mol. The Kier molecular flexibility index (Phi) is 4.07. The molecule has 0 amide bonds. The Balaban J connectivity index is 2.34. The van der Waals surface area contributed by atoms with Crippen LogP contribution in [0.1, 0.15) is 22.1 Å². The van der Waals surface area contributed by atoms with Crippen molar-refractivity contribution in [3.8, 4) is 0 Å². The van der Waals surface area contributed by atoms with Crippen LogP contribution >= 0.6 is 23.2 Å². The average Bonchev–Trinajstić information content (AvgIpc) is 2.38. The van der Waals surface area contributed by atoms with E-state index in [1.54, 1.807) is 30.3 Å². The van der Waals surface area contributed by atoms with E-state index in [4.69, 9.17) is 23.2 Å². The van der Waals surface area contributed by atoms with Crippen LogP contribution in [0.25, 0.3) is 0 Å². The topological polar surface area (TPSA) is 0 Å². The zero-order chi connectivity index (χ0) is 14.0. The summed E-state index contributed by atoms with van der Waals surface area (Å²) < 4.78 is 37.9. The van der Waals surface area contributed by atoms with Gasteiger partial charge in [-0.2, -0.15) is 13.2 Å². The van der Waals surface area contributed by atoms with Crippen molar-refractivity contribution in [2.45, 2.75) is 11.6 Å². The van der Waals surface area contributed by atoms with Gasteiger partial charge in [-0.3, -0.25) is 0 Å². The molecule has 2 aromatic rings. The zero-order valence-corrected chi connectivity index (χ0v) is 11.1. The number of halogens is 5. The minimum absolute atomic E-state index is 0.402. The molecule has 0 bridgehead atoms. The van der Waals surface area contributed by atoms with Crippen LogP contribution < -0.4 is 0 Å². The number of hydrogen-bond donors (Lipinski definition) is 0. The number of rotatable bonds is 2. The first-order valence-electron chi connectivity index (χ1n) is 5.44. The standard InChI is InChI=1S/C14H9Cl2F3/c15-12-6-4-9(5-7-12)13(16)10-2-1-3-11(8-10)14(17,18)19/h1-8,13H. The molecule has 1 unspecified atom stereocenters. The summed E-state index contributed by atoms with van der Waals surface area (Å²) in [6.07, 6.45) is -4.37. The third-order valence-corrected chi connectivity index (χ3v) is 3.43. The Bertz CT molecular complexity index is 562. The fourth-order valence-electron chi connectivity index (χ4n) is 1.70. The third kappa shape index (κ3) is 3.43. The highest BCUT2D eigenvalue weighted by Gasteiger charge is 2.30. The molecule has 0 nitrogen and oxygen atoms in total. The maximum absolute atomic E-state index is 12.6. The van der Waals surface area contributed by atoms with Crippen molar-refractivity contribution in [2.24, 2.45) is 0 Å². The SMILES string of the molecule is FC(F)(F)c1cccc(C(Cl)c2ccc(Cl)cc2)c1. The van der Waals surface area contributed by atoms with E-state index in [1.807, 2.05) is 0 Å². The maximum atomic E-state index is 12.6. The van der Waals surface area contributed by atoms with Crippen molar-refractivity contribution in [1.29, 1.82) is 0 Å². The zero-order valence-electron chi connectivity index (χ0n) is 9.59. The minimum atomic E-state index is -4.37. The summed E-state index contributed by atoms with van der Waals surface area (Å²) in [5.74, 6) is 0. The van der Waals surface area contributed by atoms with Gasteiger partial charge in [0.1, 0.15) is 0 Å². The van der Waals surface area contributed by atoms with E-state index in [0.717, 1.165) is 12.1 Å². The number of benzene rings is 2. The molecule has 0 spiro atoms. The van der Waals surface area contributed by atoms with E-state index < -0.39 is 17.1 Å². The molecule has 0 aliphatic heterocycles. The van der Waals surface area contributed by atoms with E-state index in [1.165, 1.54) is 6.07 Å². The molecule has 0 radical (unpaired) electrons. The van der Waals surface area contributed by atoms with Crippen LogP contribution in [0.3, 0.4) is 0 Å². The monoisotopic (exact) mass is 304 g/mol. The molecule has 2 aromatic carbocycles. The van der Waals surface area contributed by atoms with E-state index in [9.17, 15) is 13.2 Å². The number of alkyl halides is 4. The Morgan fingerprint density at radius 3 is 2.11 bits per heavy atom. The number of hydrogen-bond acceptors (Lipinski definition) is 0. The Morgan fingerprint density at radius 2 is 1.53 bits per heavy atom. The van der Waals surface area contributed by atoms with Gasteiger partial charge in [0.2, 0.25) is 0 Å². The van der Waals surface area contributed by atoms with Gasteiger partial charge in [-0.1, -0.05) is 35.9 Å². The fraction of sp³-hybridized carbons (Fsp3) is 0.143. The van der Waals surface area contributed by atoms with Crippen molar-refractivity contribution >= 4 is 23.2 Å². The van der Waals surface area contributed by atoms with Crippen molar-refractivity contribution in [3.63, 3.8) is 0 Å². The lowest BCUT2D eigenvalue weighted by atomic mass is 10.0. The van der Waals surface area contributed by atoms with Crippen molar-refractivity contribution in [2.75, 3.05) is 0 Å². The summed E-state index contributed by atoms with van der Waals surface area (Å²) in [5, 5.41) is -0.0868. The summed E-state index contributed by atoms with van der Waals surface area (Å²) in [4.78, 5) is 0. The largest absolute Gasteiger partial charge is 0.416 e. The second kappa shape index (κ2) is 5.43. The Morgan fingerprint density at radius 1 is 0.895 bits per heavy atom. The van der Waals surface area contributed by atoms with Gasteiger partial charge >= 0.3 is 6.18 Å². The molecule has 0 aliphatic carbocycles. The quantitative estimate of drug-likeness (QED) is 0.625. The highest BCUT2D eigenvalue weighted by atomic mass is 35.5. The van der Waals surface area contributed by atoms with Crippen LogP contribution in [-0.2, 0) is 6.18 Å². The minimum Gasteiger partial charge on any atom is -0.166 e.